The lowest BCUT2D eigenvalue weighted by molar-refractivity contribution is 0.103. The van der Waals surface area contributed by atoms with E-state index in [4.69, 9.17) is 10.5 Å². The van der Waals surface area contributed by atoms with Crippen LogP contribution in [0.4, 0.5) is 5.69 Å². The molecule has 0 amide bonds. The third kappa shape index (κ3) is 3.88. The van der Waals surface area contributed by atoms with Crippen LogP contribution in [-0.4, -0.2) is 12.4 Å². The molecule has 2 rings (SSSR count). The molecule has 0 bridgehead atoms. The predicted molar refractivity (Wildman–Crippen MR) is 90.5 cm³/mol. The van der Waals surface area contributed by atoms with E-state index in [0.717, 1.165) is 36.1 Å². The zero-order valence-corrected chi connectivity index (χ0v) is 13.3. The van der Waals surface area contributed by atoms with Crippen molar-refractivity contribution in [3.05, 3.63) is 59.2 Å². The summed E-state index contributed by atoms with van der Waals surface area (Å²) >= 11 is 0. The minimum absolute atomic E-state index is 0.0250. The van der Waals surface area contributed by atoms with E-state index in [2.05, 4.69) is 6.92 Å². The Morgan fingerprint density at radius 2 is 1.82 bits per heavy atom. The highest BCUT2D eigenvalue weighted by Gasteiger charge is 2.13. The van der Waals surface area contributed by atoms with Crippen molar-refractivity contribution in [2.75, 3.05) is 12.3 Å². The second-order valence-corrected chi connectivity index (χ2v) is 5.33. The third-order valence-electron chi connectivity index (χ3n) is 3.64. The molecule has 2 aromatic carbocycles. The van der Waals surface area contributed by atoms with Gasteiger partial charge in [0.05, 0.1) is 6.61 Å². The quantitative estimate of drug-likeness (QED) is 0.472. The highest BCUT2D eigenvalue weighted by molar-refractivity contribution is 6.10. The van der Waals surface area contributed by atoms with Crippen molar-refractivity contribution in [3.63, 3.8) is 0 Å². The summed E-state index contributed by atoms with van der Waals surface area (Å²) in [6.07, 6.45) is 2.92. The molecule has 0 unspecified atom stereocenters. The van der Waals surface area contributed by atoms with Crippen molar-refractivity contribution in [2.24, 2.45) is 0 Å². The fourth-order valence-corrected chi connectivity index (χ4v) is 2.32. The Morgan fingerprint density at radius 1 is 1.09 bits per heavy atom. The number of aryl methyl sites for hydroxylation is 1. The molecule has 116 valence electrons. The Hall–Kier alpha value is -2.29. The first-order chi connectivity index (χ1) is 10.7. The fourth-order valence-electron chi connectivity index (χ4n) is 2.32. The Bertz CT molecular complexity index is 632. The molecule has 0 saturated carbocycles. The zero-order valence-electron chi connectivity index (χ0n) is 13.3. The molecule has 3 heteroatoms. The summed E-state index contributed by atoms with van der Waals surface area (Å²) in [6, 6.07) is 12.8. The second kappa shape index (κ2) is 7.64. The van der Waals surface area contributed by atoms with Crippen molar-refractivity contribution >= 4 is 11.5 Å². The molecule has 3 nitrogen and oxygen atoms in total. The molecule has 0 aliphatic heterocycles. The van der Waals surface area contributed by atoms with Crippen LogP contribution >= 0.6 is 0 Å². The van der Waals surface area contributed by atoms with Crippen molar-refractivity contribution < 1.29 is 9.53 Å². The molecular weight excluding hydrogens is 274 g/mol. The maximum atomic E-state index is 12.6. The number of unbranched alkanes of at least 4 members (excludes halogenated alkanes) is 1. The summed E-state index contributed by atoms with van der Waals surface area (Å²) in [7, 11) is 0. The van der Waals surface area contributed by atoms with Crippen molar-refractivity contribution in [1.82, 2.24) is 0 Å². The summed E-state index contributed by atoms with van der Waals surface area (Å²) in [6.45, 7) is 4.86. The first-order valence-corrected chi connectivity index (χ1v) is 7.81. The minimum atomic E-state index is 0.0250. The maximum absolute atomic E-state index is 12.6. The van der Waals surface area contributed by atoms with E-state index >= 15 is 0 Å². The van der Waals surface area contributed by atoms with Gasteiger partial charge in [-0.1, -0.05) is 20.3 Å². The van der Waals surface area contributed by atoms with E-state index in [0.29, 0.717) is 17.9 Å². The molecule has 0 radical (unpaired) electrons. The molecule has 2 N–H and O–H groups in total. The average Bonchev–Trinajstić information content (AvgIpc) is 2.55. The summed E-state index contributed by atoms with van der Waals surface area (Å²) in [4.78, 5) is 12.6. The molecule has 0 heterocycles. The molecule has 0 aliphatic carbocycles. The van der Waals surface area contributed by atoms with E-state index in [9.17, 15) is 4.79 Å². The molecule has 2 aromatic rings. The van der Waals surface area contributed by atoms with Crippen LogP contribution in [0.1, 0.15) is 48.2 Å². The standard InChI is InChI=1S/C19H23NO2/c1-3-5-12-22-17-9-6-15(7-10-17)19(21)18-11-8-16(20)13-14(18)4-2/h6-11,13H,3-5,12,20H2,1-2H3. The molecule has 0 aromatic heterocycles. The number of nitrogens with two attached hydrogens (primary N) is 1. The molecule has 0 aliphatic rings. The summed E-state index contributed by atoms with van der Waals surface area (Å²) in [5, 5.41) is 0. The van der Waals surface area contributed by atoms with Crippen LogP contribution in [0.5, 0.6) is 5.75 Å². The average molecular weight is 297 g/mol. The topological polar surface area (TPSA) is 52.3 Å². The highest BCUT2D eigenvalue weighted by Crippen LogP contribution is 2.20. The predicted octanol–water partition coefficient (Wildman–Crippen LogP) is 4.24. The smallest absolute Gasteiger partial charge is 0.193 e. The van der Waals surface area contributed by atoms with Crippen LogP contribution in [0.2, 0.25) is 0 Å². The Labute approximate surface area is 132 Å². The number of benzene rings is 2. The van der Waals surface area contributed by atoms with E-state index < -0.39 is 0 Å². The van der Waals surface area contributed by atoms with Crippen LogP contribution in [0.25, 0.3) is 0 Å². The van der Waals surface area contributed by atoms with Crippen LogP contribution < -0.4 is 10.5 Å². The van der Waals surface area contributed by atoms with Gasteiger partial charge in [0.1, 0.15) is 5.75 Å². The van der Waals surface area contributed by atoms with E-state index in [1.54, 1.807) is 6.07 Å². The van der Waals surface area contributed by atoms with Crippen molar-refractivity contribution in [2.45, 2.75) is 33.1 Å². The summed E-state index contributed by atoms with van der Waals surface area (Å²) in [5.41, 5.74) is 8.85. The van der Waals surface area contributed by atoms with Crippen molar-refractivity contribution in [1.29, 1.82) is 0 Å². The summed E-state index contributed by atoms with van der Waals surface area (Å²) in [5.74, 6) is 0.829. The van der Waals surface area contributed by atoms with Gasteiger partial charge in [0.2, 0.25) is 0 Å². The first-order valence-electron chi connectivity index (χ1n) is 7.81. The largest absolute Gasteiger partial charge is 0.494 e. The highest BCUT2D eigenvalue weighted by atomic mass is 16.5. The van der Waals surface area contributed by atoms with Crippen LogP contribution in [0.3, 0.4) is 0 Å². The molecule has 0 atom stereocenters. The number of ether oxygens (including phenoxy) is 1. The number of hydrogen-bond acceptors (Lipinski definition) is 3. The van der Waals surface area contributed by atoms with Gasteiger partial charge in [-0.3, -0.25) is 4.79 Å². The zero-order chi connectivity index (χ0) is 15.9. The lowest BCUT2D eigenvalue weighted by Crippen LogP contribution is -2.06. The van der Waals surface area contributed by atoms with Gasteiger partial charge in [-0.05, 0) is 60.9 Å². The SMILES string of the molecule is CCCCOc1ccc(C(=O)c2ccc(N)cc2CC)cc1. The minimum Gasteiger partial charge on any atom is -0.494 e. The lowest BCUT2D eigenvalue weighted by atomic mass is 9.96. The lowest BCUT2D eigenvalue weighted by Gasteiger charge is -2.09. The monoisotopic (exact) mass is 297 g/mol. The van der Waals surface area contributed by atoms with Crippen molar-refractivity contribution in [3.8, 4) is 5.75 Å². The first kappa shape index (κ1) is 16.1. The number of ketones is 1. The number of rotatable bonds is 7. The van der Waals surface area contributed by atoms with Crippen LogP contribution in [0, 0.1) is 0 Å². The van der Waals surface area contributed by atoms with E-state index in [1.165, 1.54) is 0 Å². The van der Waals surface area contributed by atoms with Gasteiger partial charge in [0.15, 0.2) is 5.78 Å². The molecule has 22 heavy (non-hydrogen) atoms. The second-order valence-electron chi connectivity index (χ2n) is 5.33. The summed E-state index contributed by atoms with van der Waals surface area (Å²) < 4.78 is 5.62. The van der Waals surface area contributed by atoms with Crippen LogP contribution in [-0.2, 0) is 6.42 Å². The Kier molecular flexibility index (Phi) is 5.59. The molecule has 0 spiro atoms. The maximum Gasteiger partial charge on any atom is 0.193 e. The Balaban J connectivity index is 2.16. The van der Waals surface area contributed by atoms with Gasteiger partial charge >= 0.3 is 0 Å². The number of hydrogen-bond donors (Lipinski definition) is 1. The van der Waals surface area contributed by atoms with Gasteiger partial charge in [-0.15, -0.1) is 0 Å². The van der Waals surface area contributed by atoms with Gasteiger partial charge in [-0.2, -0.15) is 0 Å². The van der Waals surface area contributed by atoms with Gasteiger partial charge < -0.3 is 10.5 Å². The Morgan fingerprint density at radius 3 is 2.45 bits per heavy atom. The van der Waals surface area contributed by atoms with Crippen LogP contribution in [0.15, 0.2) is 42.5 Å². The van der Waals surface area contributed by atoms with Gasteiger partial charge in [0.25, 0.3) is 0 Å². The van der Waals surface area contributed by atoms with E-state index in [-0.39, 0.29) is 5.78 Å². The molecular formula is C19H23NO2. The normalized spacial score (nSPS) is 10.5. The molecule has 0 fully saturated rings. The number of anilines is 1. The third-order valence-corrected chi connectivity index (χ3v) is 3.64. The fraction of sp³-hybridized carbons (Fsp3) is 0.316. The number of carbonyl (C=O) groups is 1. The van der Waals surface area contributed by atoms with E-state index in [1.807, 2.05) is 43.3 Å². The van der Waals surface area contributed by atoms with Gasteiger partial charge in [-0.25, -0.2) is 0 Å². The molecule has 0 saturated heterocycles. The number of nitrogen functional groups attached to an aromatic ring is 1. The van der Waals surface area contributed by atoms with Gasteiger partial charge in [0, 0.05) is 16.8 Å². The number of carbonyl (C=O) groups excluding carboxylic acids is 1.